The summed E-state index contributed by atoms with van der Waals surface area (Å²) in [7, 11) is 0.406. The van der Waals surface area contributed by atoms with Gasteiger partial charge in [0.25, 0.3) is 0 Å². The van der Waals surface area contributed by atoms with Crippen LogP contribution in [0.2, 0.25) is 0 Å². The van der Waals surface area contributed by atoms with Crippen LogP contribution in [0.4, 0.5) is 8.78 Å². The van der Waals surface area contributed by atoms with Gasteiger partial charge in [-0.05, 0) is 11.6 Å². The molecule has 0 spiro atoms. The topological polar surface area (TPSA) is 7.94 Å². The van der Waals surface area contributed by atoms with Gasteiger partial charge in [-0.15, -0.1) is 0 Å². The summed E-state index contributed by atoms with van der Waals surface area (Å²) in [6, 6.07) is 9.99. The predicted molar refractivity (Wildman–Crippen MR) is 84.8 cm³/mol. The van der Waals surface area contributed by atoms with Crippen LogP contribution in [0.5, 0.6) is 0 Å². The summed E-state index contributed by atoms with van der Waals surface area (Å²) in [5.74, 6) is -1.59. The van der Waals surface area contributed by atoms with Crippen molar-refractivity contribution < 1.29 is 13.3 Å². The van der Waals surface area contributed by atoms with Gasteiger partial charge < -0.3 is 4.48 Å². The molecule has 0 saturated carbocycles. The molecule has 0 unspecified atom stereocenters. The van der Waals surface area contributed by atoms with E-state index < -0.39 is 11.6 Å². The molecule has 106 valence electrons. The quantitative estimate of drug-likeness (QED) is 0.752. The Bertz CT molecular complexity index is 874. The summed E-state index contributed by atoms with van der Waals surface area (Å²) >= 11 is 0. The first-order valence-electron chi connectivity index (χ1n) is 7.04. The number of benzene rings is 1. The number of halogens is 2. The van der Waals surface area contributed by atoms with Gasteiger partial charge in [0.1, 0.15) is 0 Å². The Hall–Kier alpha value is -2.69. The maximum atomic E-state index is 13.7. The summed E-state index contributed by atoms with van der Waals surface area (Å²) in [4.78, 5) is 0. The van der Waals surface area contributed by atoms with E-state index in [1.54, 1.807) is 10.6 Å². The maximum absolute atomic E-state index is 13.7. The second kappa shape index (κ2) is 4.95. The molecule has 0 fully saturated rings. The molecule has 2 aliphatic rings. The van der Waals surface area contributed by atoms with E-state index in [0.29, 0.717) is 13.2 Å². The van der Waals surface area contributed by atoms with Crippen molar-refractivity contribution in [2.45, 2.75) is 0 Å². The van der Waals surface area contributed by atoms with Gasteiger partial charge in [0.05, 0.1) is 5.69 Å². The Morgan fingerprint density at radius 3 is 2.68 bits per heavy atom. The average molecular weight is 293 g/mol. The van der Waals surface area contributed by atoms with Gasteiger partial charge in [-0.1, -0.05) is 30.3 Å². The standard InChI is InChI=1S/C17H12BF2N2/c19-15-11-21-16(17(15)20)10-14-9-8-13(22(14)18-21)7-6-12-4-2-1-3-5-12/h1-11,18H/q+1. The Labute approximate surface area is 127 Å². The number of rotatable bonds is 2. The molecular weight excluding hydrogens is 281 g/mol. The first-order valence-corrected chi connectivity index (χ1v) is 7.04. The lowest BCUT2D eigenvalue weighted by atomic mass is 10.0. The number of fused-ring (bicyclic) bond motifs is 2. The minimum absolute atomic E-state index is 0.293. The molecule has 3 heterocycles. The van der Waals surface area contributed by atoms with Gasteiger partial charge in [-0.2, -0.15) is 0 Å². The van der Waals surface area contributed by atoms with E-state index in [4.69, 9.17) is 0 Å². The maximum Gasteiger partial charge on any atom is 0.604 e. The molecule has 1 aromatic heterocycles. The Balaban J connectivity index is 1.71. The minimum atomic E-state index is -0.807. The Kier molecular flexibility index (Phi) is 2.93. The monoisotopic (exact) mass is 293 g/mol. The van der Waals surface area contributed by atoms with Crippen molar-refractivity contribution in [3.8, 4) is 0 Å². The highest BCUT2D eigenvalue weighted by Gasteiger charge is 2.32. The van der Waals surface area contributed by atoms with E-state index in [9.17, 15) is 8.78 Å². The number of nitrogens with zero attached hydrogens (tertiary/aromatic N) is 2. The van der Waals surface area contributed by atoms with Crippen LogP contribution in [-0.4, -0.2) is 22.2 Å². The van der Waals surface area contributed by atoms with Gasteiger partial charge in [-0.25, -0.2) is 8.78 Å². The summed E-state index contributed by atoms with van der Waals surface area (Å²) in [5, 5.41) is 0. The zero-order valence-corrected chi connectivity index (χ0v) is 11.7. The summed E-state index contributed by atoms with van der Waals surface area (Å²) < 4.78 is 30.6. The molecule has 5 heteroatoms. The van der Waals surface area contributed by atoms with Crippen molar-refractivity contribution in [3.05, 3.63) is 83.3 Å². The molecule has 0 aliphatic carbocycles. The van der Waals surface area contributed by atoms with Crippen LogP contribution in [-0.2, 0) is 0 Å². The van der Waals surface area contributed by atoms with Crippen molar-refractivity contribution in [3.63, 3.8) is 0 Å². The Morgan fingerprint density at radius 2 is 1.86 bits per heavy atom. The van der Waals surface area contributed by atoms with Gasteiger partial charge in [-0.3, -0.25) is 4.49 Å². The molecule has 0 amide bonds. The molecule has 0 saturated heterocycles. The van der Waals surface area contributed by atoms with Crippen molar-refractivity contribution in [1.82, 2.24) is 4.48 Å². The fraction of sp³-hybridized carbons (Fsp3) is 0. The number of allylic oxidation sites excluding steroid dienone is 3. The SMILES string of the molecule is Fc1cn2c(c1F)C=C1C=CC(C=Cc3ccccc3)=[N+]1B2. The van der Waals surface area contributed by atoms with Crippen LogP contribution in [0.3, 0.4) is 0 Å². The molecule has 2 nitrogen and oxygen atoms in total. The molecule has 2 aliphatic heterocycles. The van der Waals surface area contributed by atoms with Gasteiger partial charge in [0, 0.05) is 30.5 Å². The number of hydrogen-bond acceptors (Lipinski definition) is 0. The summed E-state index contributed by atoms with van der Waals surface area (Å²) in [6.07, 6.45) is 10.8. The molecule has 4 rings (SSSR count). The lowest BCUT2D eigenvalue weighted by Crippen LogP contribution is -2.28. The molecule has 0 radical (unpaired) electrons. The zero-order valence-electron chi connectivity index (χ0n) is 11.7. The first kappa shape index (κ1) is 13.0. The van der Waals surface area contributed by atoms with Gasteiger partial charge in [0.15, 0.2) is 23.0 Å². The third kappa shape index (κ3) is 2.06. The highest BCUT2D eigenvalue weighted by molar-refractivity contribution is 6.29. The van der Waals surface area contributed by atoms with Crippen LogP contribution >= 0.6 is 0 Å². The van der Waals surface area contributed by atoms with Crippen molar-refractivity contribution >= 4 is 25.4 Å². The minimum Gasteiger partial charge on any atom is -0.324 e. The number of aromatic nitrogens is 1. The van der Waals surface area contributed by atoms with E-state index in [-0.39, 0.29) is 0 Å². The second-order valence-corrected chi connectivity index (χ2v) is 5.29. The third-order valence-electron chi connectivity index (χ3n) is 3.89. The van der Waals surface area contributed by atoms with Crippen LogP contribution in [0, 0.1) is 11.6 Å². The highest BCUT2D eigenvalue weighted by Crippen LogP contribution is 2.24. The predicted octanol–water partition coefficient (Wildman–Crippen LogP) is 2.97. The van der Waals surface area contributed by atoms with Crippen molar-refractivity contribution in [1.29, 1.82) is 0 Å². The average Bonchev–Trinajstić information content (AvgIpc) is 3.06. The largest absolute Gasteiger partial charge is 0.604 e. The molecule has 1 aromatic carbocycles. The fourth-order valence-corrected chi connectivity index (χ4v) is 2.75. The van der Waals surface area contributed by atoms with E-state index in [1.165, 1.54) is 6.20 Å². The fourth-order valence-electron chi connectivity index (χ4n) is 2.75. The number of hydrogen-bond donors (Lipinski definition) is 0. The molecule has 0 N–H and O–H groups in total. The smallest absolute Gasteiger partial charge is 0.324 e. The van der Waals surface area contributed by atoms with E-state index >= 15 is 0 Å². The lowest BCUT2D eigenvalue weighted by Gasteiger charge is -2.09. The third-order valence-corrected chi connectivity index (χ3v) is 3.89. The highest BCUT2D eigenvalue weighted by atomic mass is 19.2. The molecule has 0 atom stereocenters. The van der Waals surface area contributed by atoms with Gasteiger partial charge >= 0.3 is 7.55 Å². The van der Waals surface area contributed by atoms with Gasteiger partial charge in [0.2, 0.25) is 0 Å². The molecule has 2 aromatic rings. The molecular formula is C17H12BF2N2+. The second-order valence-electron chi connectivity index (χ2n) is 5.29. The normalized spacial score (nSPS) is 15.8. The van der Waals surface area contributed by atoms with Crippen LogP contribution < -0.4 is 0 Å². The summed E-state index contributed by atoms with van der Waals surface area (Å²) in [6.45, 7) is 0. The zero-order chi connectivity index (χ0) is 15.1. The molecule has 0 bridgehead atoms. The van der Waals surface area contributed by atoms with E-state index in [2.05, 4.69) is 0 Å². The molecule has 22 heavy (non-hydrogen) atoms. The Morgan fingerprint density at radius 1 is 1.05 bits per heavy atom. The first-order chi connectivity index (χ1) is 10.7. The van der Waals surface area contributed by atoms with Crippen molar-refractivity contribution in [2.24, 2.45) is 0 Å². The van der Waals surface area contributed by atoms with Crippen LogP contribution in [0.25, 0.3) is 12.2 Å². The summed E-state index contributed by atoms with van der Waals surface area (Å²) in [5.41, 5.74) is 3.27. The van der Waals surface area contributed by atoms with Crippen LogP contribution in [0.15, 0.2) is 60.5 Å². The van der Waals surface area contributed by atoms with E-state index in [0.717, 1.165) is 17.0 Å². The van der Waals surface area contributed by atoms with E-state index in [1.807, 2.05) is 59.1 Å². The van der Waals surface area contributed by atoms with Crippen molar-refractivity contribution in [2.75, 3.05) is 0 Å². The van der Waals surface area contributed by atoms with Crippen LogP contribution in [0.1, 0.15) is 11.3 Å². The lowest BCUT2D eigenvalue weighted by molar-refractivity contribution is -0.311.